The summed E-state index contributed by atoms with van der Waals surface area (Å²) in [5.41, 5.74) is 17.4. The molecule has 0 aliphatic heterocycles. The molecule has 1 aliphatic rings. The van der Waals surface area contributed by atoms with Crippen molar-refractivity contribution in [1.82, 2.24) is 9.97 Å². The van der Waals surface area contributed by atoms with Gasteiger partial charge in [-0.25, -0.2) is 9.97 Å². The summed E-state index contributed by atoms with van der Waals surface area (Å²) in [7, 11) is 0. The Kier molecular flexibility index (Phi) is 7.51. The Labute approximate surface area is 299 Å². The molecule has 0 spiro atoms. The van der Waals surface area contributed by atoms with Gasteiger partial charge in [0.1, 0.15) is 0 Å². The van der Waals surface area contributed by atoms with Gasteiger partial charge < -0.3 is 0 Å². The molecule has 2 nitrogen and oxygen atoms in total. The van der Waals surface area contributed by atoms with Gasteiger partial charge in [-0.15, -0.1) is 0 Å². The smallest absolute Gasteiger partial charge is 0.160 e. The molecule has 9 rings (SSSR count). The van der Waals surface area contributed by atoms with Crippen molar-refractivity contribution < 1.29 is 0 Å². The third-order valence-corrected chi connectivity index (χ3v) is 10.3. The lowest BCUT2D eigenvalue weighted by Crippen LogP contribution is -2.14. The lowest BCUT2D eigenvalue weighted by molar-refractivity contribution is 0.660. The van der Waals surface area contributed by atoms with Crippen molar-refractivity contribution in [3.63, 3.8) is 0 Å². The van der Waals surface area contributed by atoms with Gasteiger partial charge in [-0.05, 0) is 79.9 Å². The number of nitrogens with zero attached hydrogens (tertiary/aromatic N) is 2. The predicted octanol–water partition coefficient (Wildman–Crippen LogP) is 12.8. The summed E-state index contributed by atoms with van der Waals surface area (Å²) in [6, 6.07) is 64.9. The van der Waals surface area contributed by atoms with Crippen LogP contribution in [-0.2, 0) is 5.41 Å². The minimum atomic E-state index is -0.0132. The van der Waals surface area contributed by atoms with E-state index in [1.807, 2.05) is 12.1 Å². The van der Waals surface area contributed by atoms with Crippen LogP contribution in [0.15, 0.2) is 182 Å². The van der Waals surface area contributed by atoms with Gasteiger partial charge in [0, 0.05) is 22.1 Å². The van der Waals surface area contributed by atoms with E-state index in [4.69, 9.17) is 9.97 Å². The van der Waals surface area contributed by atoms with Crippen LogP contribution in [0.3, 0.4) is 0 Å². The lowest BCUT2D eigenvalue weighted by atomic mass is 9.82. The summed E-state index contributed by atoms with van der Waals surface area (Å²) in [6.45, 7) is 4.67. The largest absolute Gasteiger partial charge is 0.228 e. The second kappa shape index (κ2) is 12.5. The highest BCUT2D eigenvalue weighted by molar-refractivity contribution is 5.90. The molecule has 0 radical (unpaired) electrons. The Morgan fingerprint density at radius 2 is 0.824 bits per heavy atom. The second-order valence-electron chi connectivity index (χ2n) is 13.8. The van der Waals surface area contributed by atoms with Crippen LogP contribution < -0.4 is 0 Å². The third kappa shape index (κ3) is 5.56. The molecule has 1 aliphatic carbocycles. The van der Waals surface area contributed by atoms with Crippen LogP contribution in [-0.4, -0.2) is 9.97 Å². The summed E-state index contributed by atoms with van der Waals surface area (Å²) >= 11 is 0. The highest BCUT2D eigenvalue weighted by Crippen LogP contribution is 2.49. The van der Waals surface area contributed by atoms with Gasteiger partial charge in [-0.1, -0.05) is 172 Å². The molecule has 242 valence electrons. The van der Waals surface area contributed by atoms with E-state index in [0.717, 1.165) is 33.6 Å². The fourth-order valence-corrected chi connectivity index (χ4v) is 7.65. The zero-order valence-electron chi connectivity index (χ0n) is 28.7. The first-order valence-corrected chi connectivity index (χ1v) is 17.6. The van der Waals surface area contributed by atoms with Gasteiger partial charge in [0.05, 0.1) is 11.4 Å². The molecule has 0 fully saturated rings. The first-order chi connectivity index (χ1) is 25.0. The van der Waals surface area contributed by atoms with Gasteiger partial charge in [0.25, 0.3) is 0 Å². The van der Waals surface area contributed by atoms with E-state index in [-0.39, 0.29) is 5.41 Å². The van der Waals surface area contributed by atoms with Crippen molar-refractivity contribution in [2.24, 2.45) is 0 Å². The molecule has 8 aromatic rings. The van der Waals surface area contributed by atoms with Crippen LogP contribution in [0.4, 0.5) is 0 Å². The summed E-state index contributed by atoms with van der Waals surface area (Å²) in [4.78, 5) is 10.2. The van der Waals surface area contributed by atoms with E-state index in [2.05, 4.69) is 184 Å². The number of hydrogen-bond acceptors (Lipinski definition) is 2. The standard InChI is InChI=1S/C49H36N2/c1-49(2)44-24-13-12-23-41(44)43-31-37(26-28-45(43)49)36-25-27-40(42(30-36)33-15-6-3-7-16-33)38-21-14-22-39(29-38)48-50-46(34-17-8-4-9-18-34)32-47(51-48)35-19-10-5-11-20-35/h3-32H,1-2H3. The molecular weight excluding hydrogens is 617 g/mol. The molecule has 0 saturated carbocycles. The Balaban J connectivity index is 1.16. The Morgan fingerprint density at radius 3 is 1.49 bits per heavy atom. The Morgan fingerprint density at radius 1 is 0.314 bits per heavy atom. The Bertz CT molecular complexity index is 2480. The summed E-state index contributed by atoms with van der Waals surface area (Å²) in [5.74, 6) is 0.705. The SMILES string of the molecule is CC1(C)c2ccccc2-c2cc(-c3ccc(-c4cccc(-c5nc(-c6ccccc6)cc(-c6ccccc6)n5)c4)c(-c4ccccc4)c3)ccc21. The van der Waals surface area contributed by atoms with Crippen molar-refractivity contribution in [1.29, 1.82) is 0 Å². The molecule has 0 atom stereocenters. The maximum Gasteiger partial charge on any atom is 0.160 e. The number of fused-ring (bicyclic) bond motifs is 3. The van der Waals surface area contributed by atoms with Crippen molar-refractivity contribution in [3.05, 3.63) is 193 Å². The second-order valence-corrected chi connectivity index (χ2v) is 13.8. The van der Waals surface area contributed by atoms with Gasteiger partial charge in [-0.2, -0.15) is 0 Å². The number of rotatable bonds is 6. The van der Waals surface area contributed by atoms with Gasteiger partial charge in [0.15, 0.2) is 5.82 Å². The van der Waals surface area contributed by atoms with E-state index in [9.17, 15) is 0 Å². The zero-order valence-corrected chi connectivity index (χ0v) is 28.7. The number of benzene rings is 7. The third-order valence-electron chi connectivity index (χ3n) is 10.3. The van der Waals surface area contributed by atoms with Crippen LogP contribution >= 0.6 is 0 Å². The summed E-state index contributed by atoms with van der Waals surface area (Å²) < 4.78 is 0. The predicted molar refractivity (Wildman–Crippen MR) is 212 cm³/mol. The quantitative estimate of drug-likeness (QED) is 0.179. The summed E-state index contributed by atoms with van der Waals surface area (Å²) in [6.07, 6.45) is 0. The van der Waals surface area contributed by atoms with Crippen LogP contribution in [0.25, 0.3) is 78.4 Å². The van der Waals surface area contributed by atoms with Crippen LogP contribution in [0.1, 0.15) is 25.0 Å². The molecule has 0 amide bonds. The fourth-order valence-electron chi connectivity index (χ4n) is 7.65. The first-order valence-electron chi connectivity index (χ1n) is 17.6. The van der Waals surface area contributed by atoms with Crippen molar-refractivity contribution in [3.8, 4) is 78.4 Å². The maximum absolute atomic E-state index is 5.11. The van der Waals surface area contributed by atoms with E-state index in [0.29, 0.717) is 5.82 Å². The fraction of sp³-hybridized carbons (Fsp3) is 0.0612. The van der Waals surface area contributed by atoms with Gasteiger partial charge >= 0.3 is 0 Å². The monoisotopic (exact) mass is 652 g/mol. The molecule has 1 heterocycles. The molecule has 1 aromatic heterocycles. The van der Waals surface area contributed by atoms with E-state index >= 15 is 0 Å². The highest BCUT2D eigenvalue weighted by atomic mass is 14.9. The Hall–Kier alpha value is -6.38. The minimum absolute atomic E-state index is 0.0132. The van der Waals surface area contributed by atoms with E-state index in [1.54, 1.807) is 0 Å². The first kappa shape index (κ1) is 30.7. The maximum atomic E-state index is 5.11. The van der Waals surface area contributed by atoms with Crippen LogP contribution in [0.2, 0.25) is 0 Å². The molecule has 2 heteroatoms. The van der Waals surface area contributed by atoms with Crippen molar-refractivity contribution in [2.45, 2.75) is 19.3 Å². The van der Waals surface area contributed by atoms with Crippen molar-refractivity contribution >= 4 is 0 Å². The van der Waals surface area contributed by atoms with Gasteiger partial charge in [-0.3, -0.25) is 0 Å². The molecular formula is C49H36N2. The molecule has 7 aromatic carbocycles. The highest BCUT2D eigenvalue weighted by Gasteiger charge is 2.35. The number of aromatic nitrogens is 2. The average Bonchev–Trinajstić information content (AvgIpc) is 3.44. The van der Waals surface area contributed by atoms with Crippen LogP contribution in [0, 0.1) is 0 Å². The topological polar surface area (TPSA) is 25.8 Å². The molecule has 0 bridgehead atoms. The molecule has 0 unspecified atom stereocenters. The zero-order chi connectivity index (χ0) is 34.4. The average molecular weight is 653 g/mol. The minimum Gasteiger partial charge on any atom is -0.228 e. The van der Waals surface area contributed by atoms with E-state index < -0.39 is 0 Å². The van der Waals surface area contributed by atoms with Crippen LogP contribution in [0.5, 0.6) is 0 Å². The lowest BCUT2D eigenvalue weighted by Gasteiger charge is -2.21. The van der Waals surface area contributed by atoms with Crippen molar-refractivity contribution in [2.75, 3.05) is 0 Å². The van der Waals surface area contributed by atoms with Gasteiger partial charge in [0.2, 0.25) is 0 Å². The molecule has 0 N–H and O–H groups in total. The number of hydrogen-bond donors (Lipinski definition) is 0. The molecule has 0 saturated heterocycles. The normalized spacial score (nSPS) is 12.7. The van der Waals surface area contributed by atoms with E-state index in [1.165, 1.54) is 50.1 Å². The summed E-state index contributed by atoms with van der Waals surface area (Å²) in [5, 5.41) is 0. The molecule has 51 heavy (non-hydrogen) atoms.